The second-order valence-electron chi connectivity index (χ2n) is 17.5. The molecule has 5 aromatic carbocycles. The number of benzene rings is 5. The minimum absolute atomic E-state index is 0.00635. The summed E-state index contributed by atoms with van der Waals surface area (Å²) in [6.07, 6.45) is 1.90. The highest BCUT2D eigenvalue weighted by Gasteiger charge is 2.38. The monoisotopic (exact) mass is 713 g/mol. The maximum Gasteiger partial charge on any atom is 0.503 e. The van der Waals surface area contributed by atoms with Gasteiger partial charge >= 0.3 is 11.7 Å². The Morgan fingerprint density at radius 1 is 0.593 bits per heavy atom. The van der Waals surface area contributed by atoms with Crippen molar-refractivity contribution in [3.05, 3.63) is 144 Å². The Morgan fingerprint density at radius 3 is 2.00 bits per heavy atom. The highest BCUT2D eigenvalue weighted by Crippen LogP contribution is 2.41. The van der Waals surface area contributed by atoms with Gasteiger partial charge in [-0.15, -0.1) is 0 Å². The summed E-state index contributed by atoms with van der Waals surface area (Å²) in [4.78, 5) is 4.89. The largest absolute Gasteiger partial charge is 0.503 e. The molecule has 1 aliphatic heterocycles. The van der Waals surface area contributed by atoms with Crippen molar-refractivity contribution in [3.63, 3.8) is 0 Å². The average molecular weight is 714 g/mol. The van der Waals surface area contributed by atoms with Crippen LogP contribution >= 0.6 is 0 Å². The van der Waals surface area contributed by atoms with Crippen molar-refractivity contribution in [3.8, 4) is 17.3 Å². The van der Waals surface area contributed by atoms with Crippen LogP contribution in [0, 0.1) is 6.85 Å². The van der Waals surface area contributed by atoms with E-state index in [0.717, 1.165) is 44.9 Å². The number of hydrogen-bond donors (Lipinski definition) is 0. The molecule has 54 heavy (non-hydrogen) atoms. The third-order valence-corrected chi connectivity index (χ3v) is 10.4. The van der Waals surface area contributed by atoms with Crippen LogP contribution in [0.2, 0.25) is 0 Å². The van der Waals surface area contributed by atoms with E-state index >= 15 is 0 Å². The van der Waals surface area contributed by atoms with E-state index in [1.54, 1.807) is 12.1 Å². The molecule has 5 heteroatoms. The quantitative estimate of drug-likeness (QED) is 0.166. The number of aryl methyl sites for hydroxylation is 1. The SMILES string of the molecule is [2H]C([2H])([2H])c1cccc2c1[N+](c1cccc(C(C)(C)C)c1)=C=[N+]2c1cccc(Oc2ccc3c4cc(C(C)(C)C)ccc4n(-c4cc(C(C)(C)C)ccn4)c3c2)c1. The average Bonchev–Trinajstić information content (AvgIpc) is 3.69. The van der Waals surface area contributed by atoms with Crippen LogP contribution in [-0.2, 0) is 16.2 Å². The van der Waals surface area contributed by atoms with Gasteiger partial charge in [0.05, 0.1) is 17.1 Å². The van der Waals surface area contributed by atoms with Crippen LogP contribution in [0.15, 0.2) is 121 Å². The third kappa shape index (κ3) is 6.33. The number of nitrogens with zero attached hydrogens (tertiary/aromatic N) is 4. The number of pyridine rings is 1. The van der Waals surface area contributed by atoms with Crippen molar-refractivity contribution in [2.45, 2.75) is 85.4 Å². The molecule has 0 spiro atoms. The van der Waals surface area contributed by atoms with Gasteiger partial charge in [-0.3, -0.25) is 4.57 Å². The molecule has 0 radical (unpaired) electrons. The van der Waals surface area contributed by atoms with Crippen LogP contribution < -0.4 is 13.9 Å². The van der Waals surface area contributed by atoms with Gasteiger partial charge in [0.25, 0.3) is 5.69 Å². The molecular weight excluding hydrogens is 661 g/mol. The third-order valence-electron chi connectivity index (χ3n) is 10.4. The first-order valence-electron chi connectivity index (χ1n) is 20.2. The van der Waals surface area contributed by atoms with Gasteiger partial charge in [-0.05, 0) is 91.4 Å². The molecule has 8 rings (SSSR count). The normalized spacial score (nSPS) is 14.4. The Labute approximate surface area is 323 Å². The zero-order chi connectivity index (χ0) is 40.7. The predicted molar refractivity (Wildman–Crippen MR) is 227 cm³/mol. The predicted octanol–water partition coefficient (Wildman–Crippen LogP) is 13.0. The molecule has 7 aromatic rings. The number of fused-ring (bicyclic) bond motifs is 4. The first-order valence-corrected chi connectivity index (χ1v) is 18.7. The minimum Gasteiger partial charge on any atom is -0.457 e. The van der Waals surface area contributed by atoms with Crippen molar-refractivity contribution in [1.29, 1.82) is 0 Å². The molecule has 0 bridgehead atoms. The van der Waals surface area contributed by atoms with Crippen molar-refractivity contribution in [1.82, 2.24) is 18.7 Å². The molecular formula is C49H50N4O+2. The fourth-order valence-electron chi connectivity index (χ4n) is 7.25. The van der Waals surface area contributed by atoms with Crippen LogP contribution in [0.3, 0.4) is 0 Å². The maximum atomic E-state index is 8.44. The van der Waals surface area contributed by atoms with Gasteiger partial charge in [0.2, 0.25) is 11.4 Å². The lowest BCUT2D eigenvalue weighted by atomic mass is 9.86. The first-order chi connectivity index (χ1) is 26.8. The Kier molecular flexibility index (Phi) is 7.45. The van der Waals surface area contributed by atoms with Gasteiger partial charge in [-0.25, -0.2) is 4.98 Å². The van der Waals surface area contributed by atoms with E-state index in [4.69, 9.17) is 13.8 Å². The second kappa shape index (κ2) is 12.7. The number of para-hydroxylation sites is 1. The highest BCUT2D eigenvalue weighted by molar-refractivity contribution is 6.09. The first kappa shape index (κ1) is 31.7. The number of aromatic nitrogens is 2. The molecule has 0 N–H and O–H groups in total. The lowest BCUT2D eigenvalue weighted by molar-refractivity contribution is 0.483. The molecule has 1 aliphatic rings. The fraction of sp³-hybridized carbons (Fsp3) is 0.265. The van der Waals surface area contributed by atoms with Gasteiger partial charge in [0.15, 0.2) is 0 Å². The van der Waals surface area contributed by atoms with Gasteiger partial charge < -0.3 is 4.74 Å². The standard InChI is InChI=1S/C49H50N4O/c1-32-14-11-19-43-46(32)52(36-16-12-15-33(26-36)47(2,3)4)31-51(43)37-17-13-18-38(29-37)54-39-21-22-40-41-27-34(48(5,6)7)20-23-42(41)53(44(40)30-39)45-28-35(24-25-50-45)49(8,9)10/h11-30H,1-10H3/q+2/i1D3. The Hall–Kier alpha value is -5.77. The van der Waals surface area contributed by atoms with Crippen LogP contribution in [0.25, 0.3) is 27.6 Å². The van der Waals surface area contributed by atoms with Crippen LogP contribution in [0.4, 0.5) is 22.7 Å². The zero-order valence-electron chi connectivity index (χ0n) is 35.7. The van der Waals surface area contributed by atoms with Crippen molar-refractivity contribution < 1.29 is 8.85 Å². The lowest BCUT2D eigenvalue weighted by Crippen LogP contribution is -2.12. The smallest absolute Gasteiger partial charge is 0.457 e. The van der Waals surface area contributed by atoms with E-state index < -0.39 is 6.85 Å². The van der Waals surface area contributed by atoms with Crippen LogP contribution in [0.5, 0.6) is 11.5 Å². The van der Waals surface area contributed by atoms with Gasteiger partial charge in [-0.2, -0.15) is 0 Å². The summed E-state index contributed by atoms with van der Waals surface area (Å²) in [6, 6.07) is 42.3. The van der Waals surface area contributed by atoms with Crippen LogP contribution in [0.1, 0.15) is 88.7 Å². The van der Waals surface area contributed by atoms with Gasteiger partial charge in [-0.1, -0.05) is 98.7 Å². The Bertz CT molecular complexity index is 2800. The van der Waals surface area contributed by atoms with Crippen LogP contribution in [-0.4, -0.2) is 15.6 Å². The molecule has 0 amide bonds. The lowest BCUT2D eigenvalue weighted by Gasteiger charge is -2.20. The molecule has 5 nitrogen and oxygen atoms in total. The van der Waals surface area contributed by atoms with Crippen molar-refractivity contribution >= 4 is 50.6 Å². The van der Waals surface area contributed by atoms with E-state index in [9.17, 15) is 0 Å². The highest BCUT2D eigenvalue weighted by atomic mass is 16.5. The molecule has 2 aromatic heterocycles. The summed E-state index contributed by atoms with van der Waals surface area (Å²) in [5.74, 6) is 2.19. The summed E-state index contributed by atoms with van der Waals surface area (Å²) in [7, 11) is 0. The summed E-state index contributed by atoms with van der Waals surface area (Å²) >= 11 is 0. The number of ether oxygens (including phenoxy) is 1. The topological polar surface area (TPSA) is 33.1 Å². The minimum atomic E-state index is -2.33. The summed E-state index contributed by atoms with van der Waals surface area (Å²) in [6.45, 7) is 17.6. The molecule has 270 valence electrons. The molecule has 0 aliphatic carbocycles. The number of rotatable bonds is 5. The molecule has 0 saturated carbocycles. The molecule has 0 unspecified atom stereocenters. The second-order valence-corrected chi connectivity index (χ2v) is 17.5. The molecule has 0 atom stereocenters. The van der Waals surface area contributed by atoms with Gasteiger partial charge in [0, 0.05) is 57.0 Å². The Morgan fingerprint density at radius 2 is 1.26 bits per heavy atom. The van der Waals surface area contributed by atoms with E-state index in [1.165, 1.54) is 16.5 Å². The van der Waals surface area contributed by atoms with Gasteiger partial charge in [0.1, 0.15) is 17.3 Å². The van der Waals surface area contributed by atoms with E-state index in [1.807, 2.05) is 63.9 Å². The Balaban J connectivity index is 1.25. The molecule has 0 fully saturated rings. The fourth-order valence-corrected chi connectivity index (χ4v) is 7.25. The van der Waals surface area contributed by atoms with Crippen molar-refractivity contribution in [2.24, 2.45) is 0 Å². The van der Waals surface area contributed by atoms with E-state index in [0.29, 0.717) is 17.2 Å². The summed E-state index contributed by atoms with van der Waals surface area (Å²) in [5.41, 5.74) is 8.80. The summed E-state index contributed by atoms with van der Waals surface area (Å²) in [5, 5.41) is 2.29. The zero-order valence-corrected chi connectivity index (χ0v) is 32.7. The molecule has 0 saturated heterocycles. The molecule has 3 heterocycles. The van der Waals surface area contributed by atoms with E-state index in [2.05, 4.69) is 127 Å². The van der Waals surface area contributed by atoms with Crippen molar-refractivity contribution in [2.75, 3.05) is 0 Å². The number of hydrogen-bond acceptors (Lipinski definition) is 2. The summed E-state index contributed by atoms with van der Waals surface area (Å²) < 4.78 is 38.0. The maximum absolute atomic E-state index is 8.44. The van der Waals surface area contributed by atoms with E-state index in [-0.39, 0.29) is 21.8 Å².